The average Bonchev–Trinajstić information content (AvgIpc) is 3.20. The molecular weight excluding hydrogens is 562 g/mol. The van der Waals surface area contributed by atoms with Gasteiger partial charge in [-0.1, -0.05) is 60.2 Å². The number of benzene rings is 4. The molecule has 0 saturated carbocycles. The highest BCUT2D eigenvalue weighted by molar-refractivity contribution is 6.12. The predicted molar refractivity (Wildman–Crippen MR) is 180 cm³/mol. The van der Waals surface area contributed by atoms with Crippen LogP contribution < -0.4 is 15.1 Å². The molecule has 8 nitrogen and oxygen atoms in total. The number of nitrogens with one attached hydrogen (secondary N) is 1. The molecule has 2 aliphatic heterocycles. The molecule has 8 heteroatoms. The van der Waals surface area contributed by atoms with Crippen molar-refractivity contribution in [2.24, 2.45) is 0 Å². The highest BCUT2D eigenvalue weighted by atomic mass is 16.2. The number of anilines is 3. The molecular formula is C37H39N5O3. The van der Waals surface area contributed by atoms with Crippen molar-refractivity contribution in [3.8, 4) is 11.1 Å². The summed E-state index contributed by atoms with van der Waals surface area (Å²) >= 11 is 0. The van der Waals surface area contributed by atoms with Crippen LogP contribution in [0.1, 0.15) is 32.7 Å². The van der Waals surface area contributed by atoms with Gasteiger partial charge in [0.15, 0.2) is 0 Å². The van der Waals surface area contributed by atoms with Crippen molar-refractivity contribution in [3.63, 3.8) is 0 Å². The van der Waals surface area contributed by atoms with Gasteiger partial charge >= 0.3 is 0 Å². The number of aryl methyl sites for hydroxylation is 1. The first-order chi connectivity index (χ1) is 21.9. The minimum Gasteiger partial charge on any atom is -0.322 e. The Bertz CT molecular complexity index is 1680. The van der Waals surface area contributed by atoms with Crippen LogP contribution in [0.25, 0.3) is 11.1 Å². The van der Waals surface area contributed by atoms with E-state index in [1.54, 1.807) is 29.2 Å². The van der Waals surface area contributed by atoms with Gasteiger partial charge in [0.05, 0.1) is 11.4 Å². The fourth-order valence-electron chi connectivity index (χ4n) is 6.00. The predicted octanol–water partition coefficient (Wildman–Crippen LogP) is 5.55. The third-order valence-electron chi connectivity index (χ3n) is 8.72. The van der Waals surface area contributed by atoms with Crippen molar-refractivity contribution in [1.82, 2.24) is 9.80 Å². The van der Waals surface area contributed by atoms with Crippen LogP contribution in [-0.2, 0) is 4.79 Å². The standard InChI is InChI=1S/C37H39N5O3/c1-27-11-13-28(14-12-27)31-7-3-4-8-32(31)36(44)38-30-17-15-29(16-18-30)37(45)42-20-19-35(43)41(33-9-5-6-10-34(33)42)26-25-40-23-21-39(2)22-24-40/h3-18H,19-26H2,1-2H3,(H,38,44). The van der Waals surface area contributed by atoms with Crippen molar-refractivity contribution in [1.29, 1.82) is 0 Å². The molecule has 230 valence electrons. The summed E-state index contributed by atoms with van der Waals surface area (Å²) in [4.78, 5) is 48.7. The molecule has 0 atom stereocenters. The number of amides is 3. The maximum atomic E-state index is 13.8. The Morgan fingerprint density at radius 1 is 0.733 bits per heavy atom. The van der Waals surface area contributed by atoms with Gasteiger partial charge in [-0.05, 0) is 67.6 Å². The molecule has 1 fully saturated rings. The maximum absolute atomic E-state index is 13.8. The zero-order chi connectivity index (χ0) is 31.3. The summed E-state index contributed by atoms with van der Waals surface area (Å²) in [5.74, 6) is -0.378. The Morgan fingerprint density at radius 3 is 2.13 bits per heavy atom. The van der Waals surface area contributed by atoms with E-state index < -0.39 is 0 Å². The second-order valence-corrected chi connectivity index (χ2v) is 11.8. The second-order valence-electron chi connectivity index (χ2n) is 11.8. The van der Waals surface area contributed by atoms with Gasteiger partial charge in [-0.15, -0.1) is 0 Å². The molecule has 0 bridgehead atoms. The molecule has 4 aromatic carbocycles. The number of rotatable bonds is 7. The molecule has 3 amide bonds. The summed E-state index contributed by atoms with van der Waals surface area (Å²) in [6.07, 6.45) is 0.248. The lowest BCUT2D eigenvalue weighted by Crippen LogP contribution is -2.47. The quantitative estimate of drug-likeness (QED) is 0.301. The first-order valence-electron chi connectivity index (χ1n) is 15.6. The number of para-hydroxylation sites is 2. The summed E-state index contributed by atoms with van der Waals surface area (Å²) in [5, 5.41) is 2.98. The van der Waals surface area contributed by atoms with Gasteiger partial charge in [0.1, 0.15) is 0 Å². The highest BCUT2D eigenvalue weighted by Gasteiger charge is 2.30. The van der Waals surface area contributed by atoms with Gasteiger partial charge in [-0.25, -0.2) is 0 Å². The largest absolute Gasteiger partial charge is 0.322 e. The summed E-state index contributed by atoms with van der Waals surface area (Å²) in [5.41, 5.74) is 6.14. The van der Waals surface area contributed by atoms with E-state index in [4.69, 9.17) is 0 Å². The third kappa shape index (κ3) is 6.82. The molecule has 2 heterocycles. The number of carbonyl (C=O) groups excluding carboxylic acids is 3. The summed E-state index contributed by atoms with van der Waals surface area (Å²) in [6, 6.07) is 30.2. The lowest BCUT2D eigenvalue weighted by atomic mass is 9.98. The van der Waals surface area contributed by atoms with Crippen molar-refractivity contribution < 1.29 is 14.4 Å². The van der Waals surface area contributed by atoms with Gasteiger partial charge in [0.2, 0.25) is 5.91 Å². The van der Waals surface area contributed by atoms with Crippen LogP contribution in [0.5, 0.6) is 0 Å². The van der Waals surface area contributed by atoms with Crippen LogP contribution in [-0.4, -0.2) is 80.4 Å². The van der Waals surface area contributed by atoms with Crippen LogP contribution in [0.3, 0.4) is 0 Å². The number of likely N-dealkylation sites (N-methyl/N-ethyl adjacent to an activating group) is 1. The maximum Gasteiger partial charge on any atom is 0.258 e. The Morgan fingerprint density at radius 2 is 1.40 bits per heavy atom. The number of nitrogens with zero attached hydrogens (tertiary/aromatic N) is 4. The zero-order valence-corrected chi connectivity index (χ0v) is 25.9. The zero-order valence-electron chi connectivity index (χ0n) is 25.9. The van der Waals surface area contributed by atoms with Crippen molar-refractivity contribution in [3.05, 3.63) is 114 Å². The molecule has 45 heavy (non-hydrogen) atoms. The number of carbonyl (C=O) groups is 3. The molecule has 1 N–H and O–H groups in total. The molecule has 6 rings (SSSR count). The summed E-state index contributed by atoms with van der Waals surface area (Å²) in [7, 11) is 2.13. The van der Waals surface area contributed by atoms with Crippen molar-refractivity contribution in [2.75, 3.05) is 68.0 Å². The minimum absolute atomic E-state index is 0.0239. The molecule has 0 aromatic heterocycles. The normalized spacial score (nSPS) is 15.8. The monoisotopic (exact) mass is 601 g/mol. The lowest BCUT2D eigenvalue weighted by Gasteiger charge is -2.34. The number of piperazine rings is 1. The Balaban J connectivity index is 1.16. The van der Waals surface area contributed by atoms with Crippen LogP contribution in [0, 0.1) is 6.92 Å². The van der Waals surface area contributed by atoms with Gasteiger partial charge in [0.25, 0.3) is 11.8 Å². The van der Waals surface area contributed by atoms with E-state index in [-0.39, 0.29) is 24.1 Å². The smallest absolute Gasteiger partial charge is 0.258 e. The fraction of sp³-hybridized carbons (Fsp3) is 0.270. The van der Waals surface area contributed by atoms with Crippen LogP contribution in [0.2, 0.25) is 0 Å². The molecule has 1 saturated heterocycles. The minimum atomic E-state index is -0.220. The van der Waals surface area contributed by atoms with Gasteiger partial charge in [0, 0.05) is 69.0 Å². The summed E-state index contributed by atoms with van der Waals surface area (Å²) < 4.78 is 0. The van der Waals surface area contributed by atoms with E-state index in [1.165, 1.54) is 0 Å². The van der Waals surface area contributed by atoms with Crippen molar-refractivity contribution >= 4 is 34.8 Å². The molecule has 0 radical (unpaired) electrons. The Kier molecular flexibility index (Phi) is 9.05. The molecule has 0 spiro atoms. The molecule has 0 aliphatic carbocycles. The van der Waals surface area contributed by atoms with Crippen LogP contribution >= 0.6 is 0 Å². The number of hydrogen-bond donors (Lipinski definition) is 1. The van der Waals surface area contributed by atoms with Crippen molar-refractivity contribution in [2.45, 2.75) is 13.3 Å². The number of hydrogen-bond acceptors (Lipinski definition) is 5. The second kappa shape index (κ2) is 13.5. The highest BCUT2D eigenvalue weighted by Crippen LogP contribution is 2.34. The van der Waals surface area contributed by atoms with Gasteiger partial charge in [-0.3, -0.25) is 19.3 Å². The third-order valence-corrected chi connectivity index (χ3v) is 8.72. The Hall–Kier alpha value is -4.79. The molecule has 0 unspecified atom stereocenters. The van der Waals surface area contributed by atoms with E-state index in [0.717, 1.165) is 60.8 Å². The van der Waals surface area contributed by atoms with E-state index in [2.05, 4.69) is 22.2 Å². The van der Waals surface area contributed by atoms with Crippen LogP contribution in [0.4, 0.5) is 17.1 Å². The number of fused-ring (bicyclic) bond motifs is 1. The molecule has 4 aromatic rings. The topological polar surface area (TPSA) is 76.2 Å². The average molecular weight is 602 g/mol. The first-order valence-corrected chi connectivity index (χ1v) is 15.6. The molecule has 2 aliphatic rings. The van der Waals surface area contributed by atoms with Gasteiger partial charge < -0.3 is 20.0 Å². The SMILES string of the molecule is Cc1ccc(-c2ccccc2C(=O)Nc2ccc(C(=O)N3CCC(=O)N(CCN4CCN(C)CC4)c4ccccc43)cc2)cc1. The van der Waals surface area contributed by atoms with E-state index in [0.29, 0.717) is 29.9 Å². The van der Waals surface area contributed by atoms with E-state index in [9.17, 15) is 14.4 Å². The van der Waals surface area contributed by atoms with E-state index >= 15 is 0 Å². The Labute approximate surface area is 264 Å². The van der Waals surface area contributed by atoms with Crippen LogP contribution in [0.15, 0.2) is 97.1 Å². The fourth-order valence-corrected chi connectivity index (χ4v) is 6.00. The first kappa shape index (κ1) is 30.2. The summed E-state index contributed by atoms with van der Waals surface area (Å²) in [6.45, 7) is 7.74. The van der Waals surface area contributed by atoms with E-state index in [1.807, 2.05) is 84.6 Å². The van der Waals surface area contributed by atoms with Gasteiger partial charge in [-0.2, -0.15) is 0 Å². The lowest BCUT2D eigenvalue weighted by molar-refractivity contribution is -0.118.